The standard InChI is InChI=1S/C53H66N8OP2/c1-16-21-24-26-39(6)35-54-58-63(61-44(28-23-18-3)29-30-55-61)47-33-42(51(7,8)9)31-45-49(47)62-50-46(53(45,13)14)32-43(52(10,11)12)34-48(50)64(59(15)56-36-40(20-5)25-19-4)60-38-41(37-57-60)27-22-17-2/h16-38,58H,1-3H2,4-15H3/b24-21-,25-19-,27-22-,28-23-,39-26+,40-20+,54-35-,56-36-. The summed E-state index contributed by atoms with van der Waals surface area (Å²) in [4.78, 5) is 0. The van der Waals surface area contributed by atoms with Crippen molar-refractivity contribution in [2.24, 2.45) is 10.2 Å². The van der Waals surface area contributed by atoms with Crippen molar-refractivity contribution in [2.75, 3.05) is 7.05 Å². The number of allylic oxidation sites excluding steroid dienone is 13. The van der Waals surface area contributed by atoms with Crippen LogP contribution in [0.1, 0.15) is 110 Å². The highest BCUT2D eigenvalue weighted by molar-refractivity contribution is 7.62. The van der Waals surface area contributed by atoms with E-state index in [1.54, 1.807) is 18.2 Å². The van der Waals surface area contributed by atoms with Gasteiger partial charge in [-0.15, -0.1) is 0 Å². The van der Waals surface area contributed by atoms with Gasteiger partial charge < -0.3 is 4.74 Å². The fourth-order valence-corrected chi connectivity index (χ4v) is 10.6. The predicted octanol–water partition coefficient (Wildman–Crippen LogP) is 13.2. The molecule has 2 atom stereocenters. The van der Waals surface area contributed by atoms with E-state index in [0.29, 0.717) is 0 Å². The maximum atomic E-state index is 7.58. The molecule has 0 spiro atoms. The summed E-state index contributed by atoms with van der Waals surface area (Å²) >= 11 is 0. The molecule has 9 nitrogen and oxygen atoms in total. The minimum atomic E-state index is -1.52. The van der Waals surface area contributed by atoms with Crippen molar-refractivity contribution in [1.82, 2.24) is 29.1 Å². The molecule has 0 saturated heterocycles. The quantitative estimate of drug-likeness (QED) is 0.0494. The second kappa shape index (κ2) is 21.2. The Bertz CT molecular complexity index is 2580. The van der Waals surface area contributed by atoms with Crippen LogP contribution in [0.5, 0.6) is 11.5 Å². The van der Waals surface area contributed by atoms with Crippen LogP contribution in [0.25, 0.3) is 12.2 Å². The van der Waals surface area contributed by atoms with Crippen LogP contribution in [0.4, 0.5) is 0 Å². The van der Waals surface area contributed by atoms with Gasteiger partial charge in [-0.1, -0.05) is 160 Å². The maximum Gasteiger partial charge on any atom is 0.170 e. The van der Waals surface area contributed by atoms with Crippen LogP contribution < -0.4 is 20.5 Å². The van der Waals surface area contributed by atoms with Gasteiger partial charge in [0.2, 0.25) is 0 Å². The van der Waals surface area contributed by atoms with E-state index >= 15 is 0 Å². The average Bonchev–Trinajstić information content (AvgIpc) is 3.91. The number of aromatic nitrogens is 4. The molecule has 334 valence electrons. The van der Waals surface area contributed by atoms with Crippen LogP contribution in [-0.4, -0.2) is 43.4 Å². The van der Waals surface area contributed by atoms with Crippen LogP contribution >= 0.6 is 16.4 Å². The molecule has 2 unspecified atom stereocenters. The molecule has 1 aliphatic rings. The Morgan fingerprint density at radius 3 is 2.08 bits per heavy atom. The lowest BCUT2D eigenvalue weighted by Gasteiger charge is -2.40. The summed E-state index contributed by atoms with van der Waals surface area (Å²) in [6.07, 6.45) is 34.6. The van der Waals surface area contributed by atoms with E-state index in [1.807, 2.05) is 121 Å². The molecule has 3 heterocycles. The Balaban J connectivity index is 1.87. The smallest absolute Gasteiger partial charge is 0.170 e. The number of hydrazone groups is 2. The van der Waals surface area contributed by atoms with E-state index in [2.05, 4.69) is 123 Å². The summed E-state index contributed by atoms with van der Waals surface area (Å²) in [5.74, 6) is 1.57. The molecule has 0 fully saturated rings. The number of ether oxygens (including phenoxy) is 1. The third-order valence-corrected chi connectivity index (χ3v) is 14.5. The van der Waals surface area contributed by atoms with Crippen molar-refractivity contribution in [3.8, 4) is 11.5 Å². The molecule has 11 heteroatoms. The molecular formula is C53H66N8OP2. The van der Waals surface area contributed by atoms with E-state index in [4.69, 9.17) is 25.1 Å². The highest BCUT2D eigenvalue weighted by Crippen LogP contribution is 2.55. The number of rotatable bonds is 17. The molecule has 4 aromatic rings. The zero-order chi connectivity index (χ0) is 46.8. The average molecular weight is 893 g/mol. The van der Waals surface area contributed by atoms with Crippen molar-refractivity contribution < 1.29 is 4.74 Å². The molecular weight excluding hydrogens is 827 g/mol. The van der Waals surface area contributed by atoms with E-state index < -0.39 is 21.9 Å². The minimum absolute atomic E-state index is 0.187. The summed E-state index contributed by atoms with van der Waals surface area (Å²) < 4.78 is 13.7. The number of benzene rings is 2. The molecule has 0 aliphatic carbocycles. The fraction of sp³-hybridized carbons (Fsp3) is 0.283. The summed E-state index contributed by atoms with van der Waals surface area (Å²) in [7, 11) is -0.967. The Morgan fingerprint density at radius 1 is 0.844 bits per heavy atom. The van der Waals surface area contributed by atoms with Crippen LogP contribution in [0, 0.1) is 0 Å². The third kappa shape index (κ3) is 11.4. The Morgan fingerprint density at radius 2 is 1.47 bits per heavy atom. The van der Waals surface area contributed by atoms with Crippen LogP contribution in [0.2, 0.25) is 0 Å². The normalized spacial score (nSPS) is 15.6. The molecule has 2 aromatic carbocycles. The monoisotopic (exact) mass is 892 g/mol. The molecule has 0 bridgehead atoms. The van der Waals surface area contributed by atoms with E-state index in [-0.39, 0.29) is 10.8 Å². The van der Waals surface area contributed by atoms with Gasteiger partial charge in [0.25, 0.3) is 0 Å². The third-order valence-electron chi connectivity index (χ3n) is 10.7. The van der Waals surface area contributed by atoms with Gasteiger partial charge in [0, 0.05) is 41.5 Å². The lowest BCUT2D eigenvalue weighted by Crippen LogP contribution is -2.34. The largest absolute Gasteiger partial charge is 0.455 e. The van der Waals surface area contributed by atoms with Gasteiger partial charge in [0.1, 0.15) is 11.5 Å². The first-order valence-electron chi connectivity index (χ1n) is 21.5. The number of nitrogens with one attached hydrogen (secondary N) is 1. The lowest BCUT2D eigenvalue weighted by molar-refractivity contribution is 0.421. The lowest BCUT2D eigenvalue weighted by atomic mass is 9.72. The number of hydrogen-bond acceptors (Lipinski definition) is 7. The van der Waals surface area contributed by atoms with E-state index in [9.17, 15) is 0 Å². The van der Waals surface area contributed by atoms with Gasteiger partial charge in [0.05, 0.1) is 34.9 Å². The number of hydrogen-bond donors (Lipinski definition) is 1. The summed E-state index contributed by atoms with van der Waals surface area (Å²) in [5, 5.41) is 25.4. The maximum absolute atomic E-state index is 7.58. The van der Waals surface area contributed by atoms with Gasteiger partial charge >= 0.3 is 0 Å². The van der Waals surface area contributed by atoms with Crippen LogP contribution in [-0.2, 0) is 16.2 Å². The zero-order valence-corrected chi connectivity index (χ0v) is 41.6. The topological polar surface area (TPSA) is 84.9 Å². The summed E-state index contributed by atoms with van der Waals surface area (Å²) in [5.41, 5.74) is 7.50. The molecule has 2 aromatic heterocycles. The number of nitrogens with zero attached hydrogens (tertiary/aromatic N) is 7. The van der Waals surface area contributed by atoms with Gasteiger partial charge in [-0.2, -0.15) is 20.4 Å². The van der Waals surface area contributed by atoms with Crippen molar-refractivity contribution in [3.05, 3.63) is 180 Å². The van der Waals surface area contributed by atoms with E-state index in [1.165, 1.54) is 11.1 Å². The first-order valence-corrected chi connectivity index (χ1v) is 24.1. The molecule has 0 saturated carbocycles. The molecule has 5 rings (SSSR count). The number of fused-ring (bicyclic) bond motifs is 2. The van der Waals surface area contributed by atoms with Crippen molar-refractivity contribution >= 4 is 51.6 Å². The van der Waals surface area contributed by atoms with Crippen LogP contribution in [0.15, 0.2) is 157 Å². The summed E-state index contributed by atoms with van der Waals surface area (Å²) in [6.45, 7) is 35.8. The molecule has 0 amide bonds. The first kappa shape index (κ1) is 49.1. The van der Waals surface area contributed by atoms with Gasteiger partial charge in [-0.05, 0) is 78.1 Å². The Labute approximate surface area is 385 Å². The van der Waals surface area contributed by atoms with E-state index in [0.717, 1.165) is 55.6 Å². The Kier molecular flexibility index (Phi) is 16.3. The van der Waals surface area contributed by atoms with Gasteiger partial charge in [-0.25, -0.2) is 8.90 Å². The van der Waals surface area contributed by atoms with Crippen LogP contribution in [0.3, 0.4) is 0 Å². The molecule has 1 N–H and O–H groups in total. The minimum Gasteiger partial charge on any atom is -0.455 e. The van der Waals surface area contributed by atoms with Crippen molar-refractivity contribution in [3.63, 3.8) is 0 Å². The second-order valence-electron chi connectivity index (χ2n) is 18.0. The predicted molar refractivity (Wildman–Crippen MR) is 279 cm³/mol. The zero-order valence-electron chi connectivity index (χ0n) is 39.8. The fourth-order valence-electron chi connectivity index (χ4n) is 6.96. The molecule has 0 radical (unpaired) electrons. The van der Waals surface area contributed by atoms with Gasteiger partial charge in [0.15, 0.2) is 16.4 Å². The first-order chi connectivity index (χ1) is 30.4. The second-order valence-corrected chi connectivity index (χ2v) is 21.7. The molecule has 64 heavy (non-hydrogen) atoms. The van der Waals surface area contributed by atoms with Crippen molar-refractivity contribution in [1.29, 1.82) is 0 Å². The van der Waals surface area contributed by atoms with Crippen molar-refractivity contribution in [2.45, 2.75) is 92.4 Å². The highest BCUT2D eigenvalue weighted by atomic mass is 31.1. The Hall–Kier alpha value is -5.88. The summed E-state index contributed by atoms with van der Waals surface area (Å²) in [6, 6.07) is 11.3. The molecule has 1 aliphatic heterocycles. The SMILES string of the molecule is C=C\C=C/C=C(C)/C=N\NP(c1cc(C(C)(C)C)cc2c1Oc1c(P(N(C)\N=C/C(/C=C\C)=C/C)n3cc(/C=C\C=C)cn3)cc(C(C)(C)C)cc1C2(C)C)n1nccc1/C=C\C=C. The van der Waals surface area contributed by atoms with Gasteiger partial charge in [-0.3, -0.25) is 9.98 Å². The highest BCUT2D eigenvalue weighted by Gasteiger charge is 2.42.